The van der Waals surface area contributed by atoms with Gasteiger partial charge in [0.1, 0.15) is 0 Å². The predicted octanol–water partition coefficient (Wildman–Crippen LogP) is 6.52. The fourth-order valence-corrected chi connectivity index (χ4v) is 3.35. The van der Waals surface area contributed by atoms with Gasteiger partial charge in [-0.3, -0.25) is 0 Å². The zero-order chi connectivity index (χ0) is 18.5. The van der Waals surface area contributed by atoms with E-state index in [1.54, 1.807) is 0 Å². The van der Waals surface area contributed by atoms with Crippen LogP contribution in [0.25, 0.3) is 22.8 Å². The second-order valence-electron chi connectivity index (χ2n) is 6.47. The molecule has 0 heterocycles. The first kappa shape index (κ1) is 16.9. The summed E-state index contributed by atoms with van der Waals surface area (Å²) >= 11 is 0. The summed E-state index contributed by atoms with van der Waals surface area (Å²) in [6, 6.07) is 37.4. The summed E-state index contributed by atoms with van der Waals surface area (Å²) in [5.41, 5.74) is 14.0. The Labute approximate surface area is 160 Å². The molecule has 1 heteroatoms. The first-order chi connectivity index (χ1) is 13.3. The first-order valence-corrected chi connectivity index (χ1v) is 9.09. The average molecular weight is 347 g/mol. The highest BCUT2D eigenvalue weighted by molar-refractivity contribution is 5.98. The highest BCUT2D eigenvalue weighted by Gasteiger charge is 2.13. The molecule has 0 aliphatic heterocycles. The quantitative estimate of drug-likeness (QED) is 0.330. The van der Waals surface area contributed by atoms with Crippen LogP contribution in [-0.2, 0) is 0 Å². The molecule has 4 aromatic carbocycles. The molecule has 0 aliphatic rings. The maximum absolute atomic E-state index is 6.29. The number of benzene rings is 4. The minimum Gasteiger partial charge on any atom is -0.398 e. The van der Waals surface area contributed by atoms with E-state index in [-0.39, 0.29) is 0 Å². The van der Waals surface area contributed by atoms with Gasteiger partial charge in [-0.1, -0.05) is 103 Å². The van der Waals surface area contributed by atoms with E-state index in [0.29, 0.717) is 0 Å². The fourth-order valence-electron chi connectivity index (χ4n) is 3.35. The van der Waals surface area contributed by atoms with Gasteiger partial charge in [0.25, 0.3) is 0 Å². The first-order valence-electron chi connectivity index (χ1n) is 9.09. The monoisotopic (exact) mass is 347 g/mol. The van der Waals surface area contributed by atoms with Crippen LogP contribution in [0.2, 0.25) is 0 Å². The Bertz CT molecular complexity index is 1060. The maximum atomic E-state index is 6.29. The highest BCUT2D eigenvalue weighted by atomic mass is 14.6. The van der Waals surface area contributed by atoms with E-state index < -0.39 is 0 Å². The van der Waals surface area contributed by atoms with Gasteiger partial charge < -0.3 is 5.73 Å². The second-order valence-corrected chi connectivity index (χ2v) is 6.47. The van der Waals surface area contributed by atoms with Gasteiger partial charge in [0.15, 0.2) is 0 Å². The molecule has 0 saturated heterocycles. The molecule has 0 saturated carbocycles. The zero-order valence-electron chi connectivity index (χ0n) is 15.0. The highest BCUT2D eigenvalue weighted by Crippen LogP contribution is 2.36. The van der Waals surface area contributed by atoms with Crippen molar-refractivity contribution < 1.29 is 0 Å². The fraction of sp³-hybridized carbons (Fsp3) is 0. The van der Waals surface area contributed by atoms with Gasteiger partial charge in [0.05, 0.1) is 0 Å². The van der Waals surface area contributed by atoms with Crippen molar-refractivity contribution in [3.8, 4) is 11.1 Å². The second kappa shape index (κ2) is 7.76. The molecule has 0 spiro atoms. The van der Waals surface area contributed by atoms with Crippen molar-refractivity contribution in [3.63, 3.8) is 0 Å². The molecule has 0 unspecified atom stereocenters. The Morgan fingerprint density at radius 3 is 1.81 bits per heavy atom. The van der Waals surface area contributed by atoms with Crippen LogP contribution in [0, 0.1) is 0 Å². The Hall–Kier alpha value is -3.58. The summed E-state index contributed by atoms with van der Waals surface area (Å²) < 4.78 is 0. The summed E-state index contributed by atoms with van der Waals surface area (Å²) in [4.78, 5) is 0. The molecular formula is C26H21N. The van der Waals surface area contributed by atoms with E-state index in [1.165, 1.54) is 22.3 Å². The van der Waals surface area contributed by atoms with Crippen molar-refractivity contribution >= 4 is 17.3 Å². The predicted molar refractivity (Wildman–Crippen MR) is 116 cm³/mol. The molecule has 1 nitrogen and oxygen atoms in total. The minimum atomic E-state index is 0.789. The average Bonchev–Trinajstić information content (AvgIpc) is 2.74. The van der Waals surface area contributed by atoms with E-state index in [2.05, 4.69) is 84.9 Å². The zero-order valence-corrected chi connectivity index (χ0v) is 15.0. The third-order valence-corrected chi connectivity index (χ3v) is 4.66. The van der Waals surface area contributed by atoms with Crippen LogP contribution in [0.1, 0.15) is 16.7 Å². The van der Waals surface area contributed by atoms with Crippen molar-refractivity contribution in [2.45, 2.75) is 0 Å². The summed E-state index contributed by atoms with van der Waals surface area (Å²) in [6.07, 6.45) is 2.24. The van der Waals surface area contributed by atoms with Gasteiger partial charge in [-0.25, -0.2) is 0 Å². The van der Waals surface area contributed by atoms with E-state index in [0.717, 1.165) is 16.8 Å². The van der Waals surface area contributed by atoms with Crippen LogP contribution in [0.15, 0.2) is 109 Å². The number of hydrogen-bond acceptors (Lipinski definition) is 1. The summed E-state index contributed by atoms with van der Waals surface area (Å²) in [5.74, 6) is 0. The molecule has 0 atom stereocenters. The van der Waals surface area contributed by atoms with Crippen molar-refractivity contribution in [1.82, 2.24) is 0 Å². The lowest BCUT2D eigenvalue weighted by Crippen LogP contribution is -1.95. The Morgan fingerprint density at radius 2 is 1.11 bits per heavy atom. The third kappa shape index (κ3) is 3.68. The van der Waals surface area contributed by atoms with Gasteiger partial charge >= 0.3 is 0 Å². The molecule has 4 rings (SSSR count). The lowest BCUT2D eigenvalue weighted by Gasteiger charge is -2.16. The van der Waals surface area contributed by atoms with E-state index in [9.17, 15) is 0 Å². The van der Waals surface area contributed by atoms with Crippen LogP contribution in [0.5, 0.6) is 0 Å². The number of nitrogens with two attached hydrogens (primary N) is 1. The van der Waals surface area contributed by atoms with Crippen molar-refractivity contribution in [1.29, 1.82) is 0 Å². The van der Waals surface area contributed by atoms with Crippen molar-refractivity contribution in [2.24, 2.45) is 0 Å². The molecule has 4 aromatic rings. The third-order valence-electron chi connectivity index (χ3n) is 4.66. The molecule has 0 amide bonds. The molecule has 2 N–H and O–H groups in total. The van der Waals surface area contributed by atoms with E-state index >= 15 is 0 Å². The van der Waals surface area contributed by atoms with Crippen molar-refractivity contribution in [3.05, 3.63) is 126 Å². The number of para-hydroxylation sites is 1. The molecular weight excluding hydrogens is 326 g/mol. The van der Waals surface area contributed by atoms with Gasteiger partial charge in [-0.2, -0.15) is 0 Å². The smallest absolute Gasteiger partial charge is 0.0393 e. The number of anilines is 1. The molecule has 0 aromatic heterocycles. The lowest BCUT2D eigenvalue weighted by molar-refractivity contribution is 1.53. The topological polar surface area (TPSA) is 26.0 Å². The molecule has 0 radical (unpaired) electrons. The van der Waals surface area contributed by atoms with Gasteiger partial charge in [-0.15, -0.1) is 0 Å². The number of hydrogen-bond donors (Lipinski definition) is 1. The number of nitrogen functional groups attached to an aromatic ring is 1. The molecule has 27 heavy (non-hydrogen) atoms. The molecule has 0 aliphatic carbocycles. The SMILES string of the molecule is Nc1ccccc1-c1ccccc1/C(=C/c1ccccc1)c1ccccc1. The Balaban J connectivity index is 1.95. The van der Waals surface area contributed by atoms with Crippen molar-refractivity contribution in [2.75, 3.05) is 5.73 Å². The summed E-state index contributed by atoms with van der Waals surface area (Å²) in [5, 5.41) is 0. The number of rotatable bonds is 4. The molecule has 0 fully saturated rings. The summed E-state index contributed by atoms with van der Waals surface area (Å²) in [7, 11) is 0. The van der Waals surface area contributed by atoms with Gasteiger partial charge in [0.2, 0.25) is 0 Å². The van der Waals surface area contributed by atoms with E-state index in [4.69, 9.17) is 5.73 Å². The maximum Gasteiger partial charge on any atom is 0.0393 e. The Kier molecular flexibility index (Phi) is 4.84. The minimum absolute atomic E-state index is 0.789. The van der Waals surface area contributed by atoms with Gasteiger partial charge in [0, 0.05) is 11.3 Å². The van der Waals surface area contributed by atoms with Crippen LogP contribution in [-0.4, -0.2) is 0 Å². The molecule has 130 valence electrons. The summed E-state index contributed by atoms with van der Waals surface area (Å²) in [6.45, 7) is 0. The lowest BCUT2D eigenvalue weighted by atomic mass is 9.89. The normalized spacial score (nSPS) is 11.3. The van der Waals surface area contributed by atoms with Crippen LogP contribution < -0.4 is 5.73 Å². The van der Waals surface area contributed by atoms with Crippen LogP contribution in [0.4, 0.5) is 5.69 Å². The van der Waals surface area contributed by atoms with E-state index in [1.807, 2.05) is 30.3 Å². The standard InChI is InChI=1S/C26H21N/c27-26-18-10-9-17-24(26)22-15-7-8-16-23(22)25(21-13-5-2-6-14-21)19-20-11-3-1-4-12-20/h1-19H,27H2/b25-19+. The van der Waals surface area contributed by atoms with Crippen LogP contribution in [0.3, 0.4) is 0 Å². The van der Waals surface area contributed by atoms with Crippen LogP contribution >= 0.6 is 0 Å². The Morgan fingerprint density at radius 1 is 0.556 bits per heavy atom. The molecule has 0 bridgehead atoms. The largest absolute Gasteiger partial charge is 0.398 e. The van der Waals surface area contributed by atoms with Gasteiger partial charge in [-0.05, 0) is 40.0 Å².